The van der Waals surface area contributed by atoms with E-state index in [-0.39, 0.29) is 30.7 Å². The Labute approximate surface area is 133 Å². The molecule has 6 nitrogen and oxygen atoms in total. The number of β-amino-alcohol motifs (C(OH)–C–C–N with tert-alkyl or cyclic N) is 1. The zero-order valence-electron chi connectivity index (χ0n) is 12.8. The molecule has 1 aromatic rings. The van der Waals surface area contributed by atoms with Crippen LogP contribution >= 0.6 is 0 Å². The van der Waals surface area contributed by atoms with Crippen LogP contribution in [0.5, 0.6) is 5.75 Å². The fourth-order valence-electron chi connectivity index (χ4n) is 2.83. The van der Waals surface area contributed by atoms with Crippen molar-refractivity contribution in [2.24, 2.45) is 5.92 Å². The Morgan fingerprint density at radius 2 is 2.13 bits per heavy atom. The van der Waals surface area contributed by atoms with Crippen LogP contribution in [0.4, 0.5) is 9.18 Å². The number of halogens is 1. The Bertz CT molecular complexity index is 634. The first-order valence-electron chi connectivity index (χ1n) is 7.61. The summed E-state index contributed by atoms with van der Waals surface area (Å²) in [5.74, 6) is -0.673. The number of ether oxygens (including phenoxy) is 1. The molecule has 124 valence electrons. The third kappa shape index (κ3) is 3.01. The molecule has 1 saturated heterocycles. The van der Waals surface area contributed by atoms with Gasteiger partial charge in [0.1, 0.15) is 18.2 Å². The zero-order valence-corrected chi connectivity index (χ0v) is 12.8. The molecule has 1 heterocycles. The quantitative estimate of drug-likeness (QED) is 0.774. The van der Waals surface area contributed by atoms with Gasteiger partial charge in [0.25, 0.3) is 5.91 Å². The van der Waals surface area contributed by atoms with Gasteiger partial charge in [-0.15, -0.1) is 0 Å². The molecular formula is C16H19FN2O4. The number of rotatable bonds is 6. The van der Waals surface area contributed by atoms with Gasteiger partial charge in [-0.2, -0.15) is 0 Å². The minimum Gasteiger partial charge on any atom is -0.488 e. The van der Waals surface area contributed by atoms with Gasteiger partial charge >= 0.3 is 6.03 Å². The molecule has 0 aromatic heterocycles. The number of amides is 3. The molecule has 2 atom stereocenters. The lowest BCUT2D eigenvalue weighted by Gasteiger charge is -2.22. The molecule has 1 aliphatic carbocycles. The van der Waals surface area contributed by atoms with E-state index in [0.717, 1.165) is 17.7 Å². The third-order valence-electron chi connectivity index (χ3n) is 4.36. The number of imide groups is 1. The molecule has 7 heteroatoms. The lowest BCUT2D eigenvalue weighted by atomic mass is 9.96. The Kier molecular flexibility index (Phi) is 3.97. The molecule has 0 unspecified atom stereocenters. The first-order chi connectivity index (χ1) is 10.9. The number of hydrogen-bond acceptors (Lipinski definition) is 4. The van der Waals surface area contributed by atoms with E-state index in [4.69, 9.17) is 4.74 Å². The Balaban J connectivity index is 1.57. The third-order valence-corrected chi connectivity index (χ3v) is 4.36. The van der Waals surface area contributed by atoms with Gasteiger partial charge in [0.15, 0.2) is 11.6 Å². The van der Waals surface area contributed by atoms with Crippen molar-refractivity contribution < 1.29 is 23.8 Å². The minimum atomic E-state index is -1.09. The highest BCUT2D eigenvalue weighted by molar-refractivity contribution is 6.07. The number of para-hydroxylation sites is 1. The Morgan fingerprint density at radius 1 is 1.43 bits per heavy atom. The predicted molar refractivity (Wildman–Crippen MR) is 79.3 cm³/mol. The highest BCUT2D eigenvalue weighted by Gasteiger charge is 2.56. The van der Waals surface area contributed by atoms with Gasteiger partial charge in [-0.25, -0.2) is 9.18 Å². The van der Waals surface area contributed by atoms with Crippen LogP contribution in [-0.2, 0) is 4.79 Å². The Morgan fingerprint density at radius 3 is 2.78 bits per heavy atom. The van der Waals surface area contributed by atoms with E-state index in [0.29, 0.717) is 0 Å². The van der Waals surface area contributed by atoms with Crippen LogP contribution in [0.25, 0.3) is 0 Å². The monoisotopic (exact) mass is 322 g/mol. The fraction of sp³-hybridized carbons (Fsp3) is 0.500. The van der Waals surface area contributed by atoms with E-state index < -0.39 is 23.5 Å². The van der Waals surface area contributed by atoms with Gasteiger partial charge in [0.2, 0.25) is 0 Å². The summed E-state index contributed by atoms with van der Waals surface area (Å²) >= 11 is 0. The number of aliphatic hydroxyl groups is 1. The van der Waals surface area contributed by atoms with Crippen LogP contribution in [0.3, 0.4) is 0 Å². The summed E-state index contributed by atoms with van der Waals surface area (Å²) in [4.78, 5) is 25.4. The maximum Gasteiger partial charge on any atom is 0.325 e. The Hall–Kier alpha value is -2.15. The zero-order chi connectivity index (χ0) is 16.6. The molecule has 2 N–H and O–H groups in total. The van der Waals surface area contributed by atoms with Crippen LogP contribution in [0, 0.1) is 11.7 Å². The second kappa shape index (κ2) is 5.81. The van der Waals surface area contributed by atoms with E-state index in [2.05, 4.69) is 5.32 Å². The number of benzene rings is 1. The van der Waals surface area contributed by atoms with E-state index in [1.54, 1.807) is 13.0 Å². The van der Waals surface area contributed by atoms with Crippen molar-refractivity contribution in [2.75, 3.05) is 13.2 Å². The molecule has 1 saturated carbocycles. The topological polar surface area (TPSA) is 78.9 Å². The molecule has 3 amide bonds. The van der Waals surface area contributed by atoms with Crippen molar-refractivity contribution in [3.63, 3.8) is 0 Å². The molecule has 23 heavy (non-hydrogen) atoms. The van der Waals surface area contributed by atoms with Crippen LogP contribution < -0.4 is 10.1 Å². The number of carbonyl (C=O) groups excluding carboxylic acids is 2. The molecule has 0 spiro atoms. The maximum atomic E-state index is 13.4. The van der Waals surface area contributed by atoms with Gasteiger partial charge < -0.3 is 15.2 Å². The number of aliphatic hydroxyl groups excluding tert-OH is 1. The van der Waals surface area contributed by atoms with Gasteiger partial charge in [-0.1, -0.05) is 12.1 Å². The maximum absolute atomic E-state index is 13.4. The molecule has 3 rings (SSSR count). The summed E-state index contributed by atoms with van der Waals surface area (Å²) in [5.41, 5.74) is -0.872. The second-order valence-corrected chi connectivity index (χ2v) is 6.22. The van der Waals surface area contributed by atoms with Gasteiger partial charge in [-0.3, -0.25) is 9.69 Å². The van der Waals surface area contributed by atoms with Crippen LogP contribution in [-0.4, -0.2) is 46.7 Å². The largest absolute Gasteiger partial charge is 0.488 e. The molecule has 2 fully saturated rings. The van der Waals surface area contributed by atoms with Crippen LogP contribution in [0.2, 0.25) is 0 Å². The standard InChI is InChI=1S/C16H19FN2O4/c1-16(10-6-7-10)14(21)19(15(22)18-16)8-11(20)9-23-13-5-3-2-4-12(13)17/h2-5,10-11,20H,6-9H2,1H3,(H,18,22)/t11-,16-/m1/s1. The summed E-state index contributed by atoms with van der Waals surface area (Å²) in [5, 5.41) is 12.7. The molecule has 1 aliphatic heterocycles. The van der Waals surface area contributed by atoms with Crippen molar-refractivity contribution in [2.45, 2.75) is 31.4 Å². The molecular weight excluding hydrogens is 303 g/mol. The molecule has 1 aromatic carbocycles. The van der Waals surface area contributed by atoms with E-state index in [1.165, 1.54) is 18.2 Å². The van der Waals surface area contributed by atoms with E-state index in [9.17, 15) is 19.1 Å². The number of nitrogens with one attached hydrogen (secondary N) is 1. The summed E-state index contributed by atoms with van der Waals surface area (Å²) in [6.45, 7) is 1.33. The van der Waals surface area contributed by atoms with Crippen molar-refractivity contribution >= 4 is 11.9 Å². The average molecular weight is 322 g/mol. The number of hydrogen-bond donors (Lipinski definition) is 2. The van der Waals surface area contributed by atoms with Gasteiger partial charge in [0.05, 0.1) is 6.54 Å². The summed E-state index contributed by atoms with van der Waals surface area (Å²) in [7, 11) is 0. The average Bonchev–Trinajstić information content (AvgIpc) is 3.33. The number of urea groups is 1. The fourth-order valence-corrected chi connectivity index (χ4v) is 2.83. The van der Waals surface area contributed by atoms with Gasteiger partial charge in [-0.05, 0) is 37.8 Å². The smallest absolute Gasteiger partial charge is 0.325 e. The summed E-state index contributed by atoms with van der Waals surface area (Å²) in [6.07, 6.45) is 0.732. The molecule has 2 aliphatic rings. The number of carbonyl (C=O) groups is 2. The lowest BCUT2D eigenvalue weighted by molar-refractivity contribution is -0.132. The summed E-state index contributed by atoms with van der Waals surface area (Å²) in [6, 6.07) is 5.34. The first-order valence-corrected chi connectivity index (χ1v) is 7.61. The predicted octanol–water partition coefficient (Wildman–Crippen LogP) is 1.29. The normalized spacial score (nSPS) is 25.4. The minimum absolute atomic E-state index is 0.0200. The van der Waals surface area contributed by atoms with Crippen molar-refractivity contribution in [3.8, 4) is 5.75 Å². The van der Waals surface area contributed by atoms with Crippen LogP contribution in [0.15, 0.2) is 24.3 Å². The SMILES string of the molecule is C[C@]1(C2CC2)NC(=O)N(C[C@@H](O)COc2ccccc2F)C1=O. The van der Waals surface area contributed by atoms with Crippen LogP contribution in [0.1, 0.15) is 19.8 Å². The van der Waals surface area contributed by atoms with E-state index in [1.807, 2.05) is 0 Å². The lowest BCUT2D eigenvalue weighted by Crippen LogP contribution is -2.46. The highest BCUT2D eigenvalue weighted by Crippen LogP contribution is 2.42. The number of nitrogens with zero attached hydrogens (tertiary/aromatic N) is 1. The van der Waals surface area contributed by atoms with Crippen molar-refractivity contribution in [1.29, 1.82) is 0 Å². The molecule has 0 bridgehead atoms. The first kappa shape index (κ1) is 15.7. The molecule has 0 radical (unpaired) electrons. The van der Waals surface area contributed by atoms with Crippen molar-refractivity contribution in [3.05, 3.63) is 30.1 Å². The second-order valence-electron chi connectivity index (χ2n) is 6.22. The van der Waals surface area contributed by atoms with Crippen molar-refractivity contribution in [1.82, 2.24) is 10.2 Å². The van der Waals surface area contributed by atoms with Gasteiger partial charge in [0, 0.05) is 0 Å². The highest BCUT2D eigenvalue weighted by atomic mass is 19.1. The summed E-state index contributed by atoms with van der Waals surface area (Å²) < 4.78 is 18.6. The van der Waals surface area contributed by atoms with E-state index >= 15 is 0 Å².